The van der Waals surface area contributed by atoms with Crippen LogP contribution in [0.15, 0.2) is 24.3 Å². The van der Waals surface area contributed by atoms with Crippen molar-refractivity contribution < 1.29 is 5.11 Å². The second-order valence-electron chi connectivity index (χ2n) is 5.80. The van der Waals surface area contributed by atoms with E-state index in [1.165, 1.54) is 12.0 Å². The Hall–Kier alpha value is -1.17. The molecule has 0 radical (unpaired) electrons. The smallest absolute Gasteiger partial charge is 0.205 e. The predicted octanol–water partition coefficient (Wildman–Crippen LogP) is 3.75. The summed E-state index contributed by atoms with van der Waals surface area (Å²) < 4.78 is 0. The molecule has 2 N–H and O–H groups in total. The summed E-state index contributed by atoms with van der Waals surface area (Å²) in [7, 11) is 0. The van der Waals surface area contributed by atoms with Gasteiger partial charge in [0.05, 0.1) is 6.10 Å². The Kier molecular flexibility index (Phi) is 5.28. The molecule has 1 saturated carbocycles. The summed E-state index contributed by atoms with van der Waals surface area (Å²) in [4.78, 5) is 0. The van der Waals surface area contributed by atoms with Gasteiger partial charge in [-0.05, 0) is 30.5 Å². The van der Waals surface area contributed by atoms with Crippen LogP contribution in [0.4, 0.5) is 5.13 Å². The zero-order valence-electron chi connectivity index (χ0n) is 12.3. The van der Waals surface area contributed by atoms with Crippen LogP contribution in [0.25, 0.3) is 0 Å². The lowest BCUT2D eigenvalue weighted by Gasteiger charge is -2.27. The van der Waals surface area contributed by atoms with Gasteiger partial charge in [0, 0.05) is 23.9 Å². The molecule has 2 aromatic rings. The maximum absolute atomic E-state index is 9.99. The van der Waals surface area contributed by atoms with Crippen LogP contribution in [0.5, 0.6) is 0 Å². The van der Waals surface area contributed by atoms with Gasteiger partial charge in [0.25, 0.3) is 0 Å². The molecule has 1 aromatic heterocycles. The molecule has 0 spiro atoms. The number of aliphatic hydroxyl groups is 1. The number of benzene rings is 1. The fourth-order valence-corrected chi connectivity index (χ4v) is 3.72. The standard InChI is InChI=1S/C16H20ClN3OS/c17-13-7-5-11(6-8-13)9-15-19-20-16(22-15)18-10-12-3-1-2-4-14(12)21/h5-8,12,14,21H,1-4,9-10H2,(H,18,20). The summed E-state index contributed by atoms with van der Waals surface area (Å²) in [5, 5.41) is 24.3. The van der Waals surface area contributed by atoms with Gasteiger partial charge in [0.2, 0.25) is 5.13 Å². The monoisotopic (exact) mass is 337 g/mol. The Balaban J connectivity index is 1.53. The van der Waals surface area contributed by atoms with E-state index in [0.29, 0.717) is 5.92 Å². The van der Waals surface area contributed by atoms with Crippen molar-refractivity contribution in [3.05, 3.63) is 39.9 Å². The maximum Gasteiger partial charge on any atom is 0.205 e. The van der Waals surface area contributed by atoms with Crippen LogP contribution >= 0.6 is 22.9 Å². The van der Waals surface area contributed by atoms with Crippen molar-refractivity contribution in [1.29, 1.82) is 0 Å². The molecule has 4 nitrogen and oxygen atoms in total. The van der Waals surface area contributed by atoms with Crippen LogP contribution in [0.1, 0.15) is 36.3 Å². The third-order valence-corrected chi connectivity index (χ3v) is 5.25. The first kappa shape index (κ1) is 15.7. The first-order valence-electron chi connectivity index (χ1n) is 7.69. The highest BCUT2D eigenvalue weighted by molar-refractivity contribution is 7.15. The van der Waals surface area contributed by atoms with Gasteiger partial charge in [-0.1, -0.05) is 47.9 Å². The number of aromatic nitrogens is 2. The number of anilines is 1. The van der Waals surface area contributed by atoms with Crippen molar-refractivity contribution in [1.82, 2.24) is 10.2 Å². The first-order chi connectivity index (χ1) is 10.7. The molecule has 1 aromatic carbocycles. The summed E-state index contributed by atoms with van der Waals surface area (Å²) in [6.45, 7) is 0.775. The molecule has 1 aliphatic rings. The van der Waals surface area contributed by atoms with Crippen molar-refractivity contribution in [2.45, 2.75) is 38.2 Å². The third-order valence-electron chi connectivity index (χ3n) is 4.12. The van der Waals surface area contributed by atoms with Crippen molar-refractivity contribution in [3.63, 3.8) is 0 Å². The van der Waals surface area contributed by atoms with Crippen LogP contribution in [0.3, 0.4) is 0 Å². The Labute approximate surface area is 139 Å². The van der Waals surface area contributed by atoms with Crippen LogP contribution in [0.2, 0.25) is 5.02 Å². The Morgan fingerprint density at radius 3 is 2.73 bits per heavy atom. The second-order valence-corrected chi connectivity index (χ2v) is 7.30. The minimum absolute atomic E-state index is 0.178. The lowest BCUT2D eigenvalue weighted by atomic mass is 9.86. The van der Waals surface area contributed by atoms with Crippen molar-refractivity contribution >= 4 is 28.1 Å². The number of hydrogen-bond donors (Lipinski definition) is 2. The molecule has 0 aliphatic heterocycles. The highest BCUT2D eigenvalue weighted by Crippen LogP contribution is 2.26. The molecule has 0 saturated heterocycles. The molecule has 2 atom stereocenters. The van der Waals surface area contributed by atoms with Gasteiger partial charge < -0.3 is 10.4 Å². The number of aliphatic hydroxyl groups excluding tert-OH is 1. The SMILES string of the molecule is OC1CCCCC1CNc1nnc(Cc2ccc(Cl)cc2)s1. The molecule has 3 rings (SSSR count). The van der Waals surface area contributed by atoms with Gasteiger partial charge in [-0.3, -0.25) is 0 Å². The highest BCUT2D eigenvalue weighted by Gasteiger charge is 2.22. The summed E-state index contributed by atoms with van der Waals surface area (Å²) in [5.41, 5.74) is 1.18. The zero-order valence-corrected chi connectivity index (χ0v) is 13.9. The molecule has 2 unspecified atom stereocenters. The molecule has 118 valence electrons. The van der Waals surface area contributed by atoms with E-state index >= 15 is 0 Å². The van der Waals surface area contributed by atoms with E-state index in [0.717, 1.165) is 47.4 Å². The van der Waals surface area contributed by atoms with Crippen molar-refractivity contribution in [2.24, 2.45) is 5.92 Å². The predicted molar refractivity (Wildman–Crippen MR) is 90.6 cm³/mol. The van der Waals surface area contributed by atoms with Gasteiger partial charge in [-0.15, -0.1) is 10.2 Å². The van der Waals surface area contributed by atoms with Crippen molar-refractivity contribution in [2.75, 3.05) is 11.9 Å². The maximum atomic E-state index is 9.99. The minimum Gasteiger partial charge on any atom is -0.393 e. The van der Waals surface area contributed by atoms with E-state index < -0.39 is 0 Å². The molecule has 1 aliphatic carbocycles. The third kappa shape index (κ3) is 4.18. The van der Waals surface area contributed by atoms with E-state index in [9.17, 15) is 5.11 Å². The lowest BCUT2D eigenvalue weighted by molar-refractivity contribution is 0.0763. The van der Waals surface area contributed by atoms with Gasteiger partial charge in [0.1, 0.15) is 5.01 Å². The molecule has 1 fully saturated rings. The number of halogens is 1. The molecule has 6 heteroatoms. The number of hydrogen-bond acceptors (Lipinski definition) is 5. The summed E-state index contributed by atoms with van der Waals surface area (Å²) in [6.07, 6.45) is 4.95. The average molecular weight is 338 g/mol. The van der Waals surface area contributed by atoms with Gasteiger partial charge in [-0.2, -0.15) is 0 Å². The van der Waals surface area contributed by atoms with Gasteiger partial charge in [-0.25, -0.2) is 0 Å². The largest absolute Gasteiger partial charge is 0.393 e. The fraction of sp³-hybridized carbons (Fsp3) is 0.500. The molecule has 0 amide bonds. The van der Waals surface area contributed by atoms with E-state index in [1.807, 2.05) is 24.3 Å². The van der Waals surface area contributed by atoms with Gasteiger partial charge >= 0.3 is 0 Å². The zero-order chi connectivity index (χ0) is 15.4. The van der Waals surface area contributed by atoms with Gasteiger partial charge in [0.15, 0.2) is 0 Å². The topological polar surface area (TPSA) is 58.0 Å². The molecular formula is C16H20ClN3OS. The number of nitrogens with zero attached hydrogens (tertiary/aromatic N) is 2. The Morgan fingerprint density at radius 1 is 1.18 bits per heavy atom. The van der Waals surface area contributed by atoms with Crippen LogP contribution in [-0.2, 0) is 6.42 Å². The quantitative estimate of drug-likeness (QED) is 0.872. The normalized spacial score (nSPS) is 21.7. The summed E-state index contributed by atoms with van der Waals surface area (Å²) in [5.74, 6) is 0.331. The second kappa shape index (κ2) is 7.40. The molecule has 22 heavy (non-hydrogen) atoms. The number of rotatable bonds is 5. The lowest BCUT2D eigenvalue weighted by Crippen LogP contribution is -2.30. The van der Waals surface area contributed by atoms with E-state index in [4.69, 9.17) is 11.6 Å². The minimum atomic E-state index is -0.178. The average Bonchev–Trinajstić information content (AvgIpc) is 2.96. The van der Waals surface area contributed by atoms with Crippen LogP contribution in [0, 0.1) is 5.92 Å². The molecular weight excluding hydrogens is 318 g/mol. The Bertz CT molecular complexity index is 602. The van der Waals surface area contributed by atoms with Crippen LogP contribution < -0.4 is 5.32 Å². The number of nitrogens with one attached hydrogen (secondary N) is 1. The fourth-order valence-electron chi connectivity index (χ4n) is 2.82. The van der Waals surface area contributed by atoms with E-state index in [1.54, 1.807) is 11.3 Å². The van der Waals surface area contributed by atoms with E-state index in [-0.39, 0.29) is 6.10 Å². The van der Waals surface area contributed by atoms with Crippen LogP contribution in [-0.4, -0.2) is 28.0 Å². The highest BCUT2D eigenvalue weighted by atomic mass is 35.5. The Morgan fingerprint density at radius 2 is 1.95 bits per heavy atom. The molecule has 0 bridgehead atoms. The summed E-state index contributed by atoms with van der Waals surface area (Å²) >= 11 is 7.46. The summed E-state index contributed by atoms with van der Waals surface area (Å²) in [6, 6.07) is 7.80. The van der Waals surface area contributed by atoms with E-state index in [2.05, 4.69) is 15.5 Å². The first-order valence-corrected chi connectivity index (χ1v) is 8.89. The van der Waals surface area contributed by atoms with Crippen molar-refractivity contribution in [3.8, 4) is 0 Å². The molecule has 1 heterocycles.